The van der Waals surface area contributed by atoms with E-state index in [0.717, 1.165) is 59.8 Å². The van der Waals surface area contributed by atoms with E-state index < -0.39 is 98.7 Å². The minimum absolute atomic E-state index is 0.0330. The van der Waals surface area contributed by atoms with Crippen LogP contribution in [0.15, 0.2) is 91.8 Å². The van der Waals surface area contributed by atoms with E-state index in [-0.39, 0.29) is 99.3 Å². The van der Waals surface area contributed by atoms with Crippen molar-refractivity contribution in [3.63, 3.8) is 0 Å². The van der Waals surface area contributed by atoms with Gasteiger partial charge in [-0.2, -0.15) is 28.8 Å². The van der Waals surface area contributed by atoms with Gasteiger partial charge in [0.05, 0.1) is 42.4 Å². The Morgan fingerprint density at radius 3 is 1.34 bits per heavy atom. The fourth-order valence-electron chi connectivity index (χ4n) is 9.29. The van der Waals surface area contributed by atoms with Gasteiger partial charge in [-0.05, 0) is 116 Å². The van der Waals surface area contributed by atoms with Gasteiger partial charge in [0.2, 0.25) is 17.6 Å². The summed E-state index contributed by atoms with van der Waals surface area (Å²) in [5, 5.41) is 28.2. The minimum atomic E-state index is -2.99. The molecular weight excluding hydrogens is 1350 g/mol. The number of amides is 5. The Balaban J connectivity index is 0.000000146. The second kappa shape index (κ2) is 29.3. The van der Waals surface area contributed by atoms with Gasteiger partial charge < -0.3 is 61.3 Å². The molecule has 538 valence electrons. The lowest BCUT2D eigenvalue weighted by Crippen LogP contribution is -2.35. The van der Waals surface area contributed by atoms with Crippen molar-refractivity contribution in [2.45, 2.75) is 165 Å². The lowest BCUT2D eigenvalue weighted by Gasteiger charge is -2.25. The summed E-state index contributed by atoms with van der Waals surface area (Å²) in [6.45, 7) is 1.13. The molecule has 5 amide bonds. The number of carbonyl (C=O) groups is 5. The third-order valence-corrected chi connectivity index (χ3v) is 15.4. The van der Waals surface area contributed by atoms with E-state index in [1.807, 2.05) is 0 Å². The Hall–Kier alpha value is -11.1. The standard InChI is InChI=1S/C24H28FN7O4.C19H20FN7O2.C16H19ClFN5O3.C8H10N2O/c1-24(2,3)36-23(34)31(4)19-11-18(28-16-6-5-9-26-22(16)35-13-7-8-13)30-20-14(12-27-32(19)20)21(33)29-17-10-15(17)25;1-21-16-8-15(24-13-3-2-6-22-19(13)29-10-4-5-10)26-17-11(9-23-27(16)17)18(28)25-14-7-12(14)20;1-16(2,3)26-15(25)22(4)12-6-11(17)21-13-8(7-19-23(12)13)14(24)20-10-5-9(10)18;9-7-2-1-5-10-8(7)11-6-3-4-6/h5-6,9,11-13,15,17H,7-8,10H2,1-4H3,(H,28,30)(H,29,33);2-3,6,8-10,12,14,21H,4-5,7H2,1H3,(H,24,26)(H,25,28);6-7,9-10H,5H2,1-4H3,(H,20,24);1-2,5-6H,3-4,9H2/t15-,17?;12-,14?;9-,10+;/m000./s1/i4D3;1D3;4D3;. The molecule has 2 unspecified atom stereocenters. The van der Waals surface area contributed by atoms with E-state index in [0.29, 0.717) is 50.6 Å². The average Bonchev–Trinajstić information content (AvgIpc) is 1.68. The van der Waals surface area contributed by atoms with Crippen LogP contribution in [0, 0.1) is 0 Å². The van der Waals surface area contributed by atoms with Crippen molar-refractivity contribution in [3.8, 4) is 17.6 Å². The highest BCUT2D eigenvalue weighted by molar-refractivity contribution is 6.30. The molecule has 6 aliphatic rings. The number of fused-ring (bicyclic) bond motifs is 3. The molecule has 6 atom stereocenters. The SMILES string of the molecule is Nc1cccnc1OC1CC1.[2H]C([2H])([2H])N(C(=O)OC(C)(C)C)c1cc(Cl)nc2c(C(=O)N[C@@H]3C[C@@H]3F)cnn12.[2H]C([2H])([2H])N(C(=O)OC(C)(C)C)c1cc(Nc2cccnc2OC2CC2)nc2c(C(=O)NC3C[C@@H]3F)cnn12.[2H]C([2H])([2H])Nc1cc(Nc2cccnc2OC2CC2)nc2c(C(=O)NC3C[C@@H]3F)cnn12. The maximum Gasteiger partial charge on any atom is 0.415 e. The monoisotopic (exact) mass is 1440 g/mol. The van der Waals surface area contributed by atoms with E-state index >= 15 is 0 Å². The second-order valence-corrected chi connectivity index (χ2v) is 26.8. The number of carbonyl (C=O) groups excluding carboxylic acids is 5. The van der Waals surface area contributed by atoms with Gasteiger partial charge in [-0.1, -0.05) is 11.6 Å². The second-order valence-electron chi connectivity index (χ2n) is 26.4. The van der Waals surface area contributed by atoms with Gasteiger partial charge in [-0.15, -0.1) is 0 Å². The molecule has 6 saturated carbocycles. The van der Waals surface area contributed by atoms with Crippen molar-refractivity contribution in [1.29, 1.82) is 0 Å². The molecule has 35 heteroatoms. The molecule has 0 bridgehead atoms. The number of ether oxygens (including phenoxy) is 5. The van der Waals surface area contributed by atoms with E-state index in [2.05, 4.69) is 77.1 Å². The number of aromatic nitrogens is 12. The van der Waals surface area contributed by atoms with Gasteiger partial charge in [-0.3, -0.25) is 24.2 Å². The Morgan fingerprint density at radius 1 is 0.559 bits per heavy atom. The molecule has 15 rings (SSSR count). The number of hydrogen-bond donors (Lipinski definition) is 7. The Bertz CT molecular complexity index is 4980. The van der Waals surface area contributed by atoms with Crippen molar-refractivity contribution in [2.75, 3.05) is 52.4 Å². The van der Waals surface area contributed by atoms with E-state index in [1.165, 1.54) is 29.0 Å². The highest BCUT2D eigenvalue weighted by Gasteiger charge is 2.42. The number of nitrogens with one attached hydrogen (secondary N) is 6. The van der Waals surface area contributed by atoms with Crippen LogP contribution in [0.3, 0.4) is 0 Å². The zero-order valence-electron chi connectivity index (χ0n) is 64.7. The summed E-state index contributed by atoms with van der Waals surface area (Å²) < 4.78 is 141. The highest BCUT2D eigenvalue weighted by Crippen LogP contribution is 2.36. The van der Waals surface area contributed by atoms with E-state index in [4.69, 9.17) is 53.4 Å². The zero-order valence-corrected chi connectivity index (χ0v) is 56.4. The smallest absolute Gasteiger partial charge is 0.415 e. The molecule has 6 aliphatic carbocycles. The van der Waals surface area contributed by atoms with Crippen LogP contribution in [-0.4, -0.2) is 176 Å². The quantitative estimate of drug-likeness (QED) is 0.0370. The predicted molar refractivity (Wildman–Crippen MR) is 370 cm³/mol. The van der Waals surface area contributed by atoms with Gasteiger partial charge >= 0.3 is 12.2 Å². The maximum absolute atomic E-state index is 13.5. The Morgan fingerprint density at radius 2 is 0.941 bits per heavy atom. The van der Waals surface area contributed by atoms with Gasteiger partial charge in [0.15, 0.2) is 16.9 Å². The normalized spacial score (nSPS) is 20.9. The van der Waals surface area contributed by atoms with Crippen LogP contribution in [0.4, 0.5) is 68.9 Å². The first-order valence-electron chi connectivity index (χ1n) is 36.9. The number of hydrogen-bond acceptors (Lipinski definition) is 23. The molecular formula is C67H77ClF3N21O10. The number of rotatable bonds is 19. The summed E-state index contributed by atoms with van der Waals surface area (Å²) in [5.41, 5.74) is 5.25. The molecule has 0 aliphatic heterocycles. The third-order valence-electron chi connectivity index (χ3n) is 15.2. The number of nitrogen functional groups attached to an aromatic ring is 1. The predicted octanol–water partition coefficient (Wildman–Crippen LogP) is 9.71. The topological polar surface area (TPSA) is 365 Å². The van der Waals surface area contributed by atoms with E-state index in [9.17, 15) is 37.1 Å². The fourth-order valence-corrected chi connectivity index (χ4v) is 9.47. The van der Waals surface area contributed by atoms with Gasteiger partial charge in [0.25, 0.3) is 17.7 Å². The summed E-state index contributed by atoms with van der Waals surface area (Å²) in [5.74, 6) is -0.582. The maximum atomic E-state index is 13.5. The van der Waals surface area contributed by atoms with Crippen molar-refractivity contribution >= 4 is 105 Å². The van der Waals surface area contributed by atoms with Crippen molar-refractivity contribution in [3.05, 3.63) is 114 Å². The molecule has 0 radical (unpaired) electrons. The molecule has 0 aromatic carbocycles. The van der Waals surface area contributed by atoms with Gasteiger partial charge in [0.1, 0.15) is 110 Å². The van der Waals surface area contributed by atoms with Crippen LogP contribution in [0.25, 0.3) is 16.9 Å². The average molecular weight is 1440 g/mol. The first-order chi connectivity index (χ1) is 52.2. The Kier molecular flexibility index (Phi) is 17.1. The summed E-state index contributed by atoms with van der Waals surface area (Å²) in [4.78, 5) is 90.0. The third kappa shape index (κ3) is 17.9. The molecule has 31 nitrogen and oxygen atoms in total. The molecule has 6 fully saturated rings. The molecule has 9 heterocycles. The van der Waals surface area contributed by atoms with Crippen LogP contribution in [-0.2, 0) is 9.47 Å². The van der Waals surface area contributed by atoms with Crippen LogP contribution in [0.5, 0.6) is 17.6 Å². The minimum Gasteiger partial charge on any atom is -0.473 e. The molecule has 9 aromatic rings. The van der Waals surface area contributed by atoms with Crippen molar-refractivity contribution in [1.82, 2.24) is 74.7 Å². The largest absolute Gasteiger partial charge is 0.473 e. The van der Waals surface area contributed by atoms with Crippen LogP contribution >= 0.6 is 11.6 Å². The first-order valence-corrected chi connectivity index (χ1v) is 32.7. The summed E-state index contributed by atoms with van der Waals surface area (Å²) >= 11 is 6.02. The van der Waals surface area contributed by atoms with Crippen LogP contribution < -0.4 is 61.6 Å². The zero-order chi connectivity index (χ0) is 80.0. The van der Waals surface area contributed by atoms with Gasteiger partial charge in [-0.25, -0.2) is 52.7 Å². The first kappa shape index (κ1) is 59.8. The molecule has 102 heavy (non-hydrogen) atoms. The van der Waals surface area contributed by atoms with Crippen LogP contribution in [0.1, 0.15) is 143 Å². The summed E-state index contributed by atoms with van der Waals surface area (Å²) in [6.07, 6.45) is 10.1. The number of alkyl halides is 3. The Labute approximate surface area is 599 Å². The van der Waals surface area contributed by atoms with E-state index in [1.54, 1.807) is 96.5 Å². The lowest BCUT2D eigenvalue weighted by molar-refractivity contribution is 0.0577. The van der Waals surface area contributed by atoms with Crippen molar-refractivity contribution < 1.29 is 73.2 Å². The summed E-state index contributed by atoms with van der Waals surface area (Å²) in [7, 11) is 0. The number of pyridine rings is 3. The number of anilines is 8. The fraction of sp³-hybridized carbons (Fsp3) is 0.433. The van der Waals surface area contributed by atoms with Crippen molar-refractivity contribution in [2.24, 2.45) is 0 Å². The molecule has 0 spiro atoms. The van der Waals surface area contributed by atoms with Gasteiger partial charge in [0, 0.05) is 89.3 Å². The highest BCUT2D eigenvalue weighted by atomic mass is 35.5. The number of nitrogens with zero attached hydrogens (tertiary/aromatic N) is 14. The van der Waals surface area contributed by atoms with Crippen LogP contribution in [0.2, 0.25) is 5.15 Å². The lowest BCUT2D eigenvalue weighted by atomic mass is 10.2. The summed E-state index contributed by atoms with van der Waals surface area (Å²) in [6, 6.07) is 12.6. The number of halogens is 4. The molecule has 9 aromatic heterocycles. The number of nitrogens with two attached hydrogens (primary N) is 1. The molecule has 0 saturated heterocycles. The molecule has 8 N–H and O–H groups in total.